The van der Waals surface area contributed by atoms with Crippen LogP contribution < -0.4 is 5.46 Å². The van der Waals surface area contributed by atoms with E-state index in [2.05, 4.69) is 25.9 Å². The van der Waals surface area contributed by atoms with Gasteiger partial charge in [-0.15, -0.1) is 23.5 Å². The van der Waals surface area contributed by atoms with Crippen LogP contribution in [0.4, 0.5) is 35.1 Å². The number of hydrogen-bond donors (Lipinski definition) is 0. The maximum absolute atomic E-state index is 15.5. The minimum atomic E-state index is -4.65. The summed E-state index contributed by atoms with van der Waals surface area (Å²) in [4.78, 5) is 34.7. The second kappa shape index (κ2) is 24.0. The number of benzene rings is 4. The summed E-state index contributed by atoms with van der Waals surface area (Å²) in [6.45, 7) is 22.9. The van der Waals surface area contributed by atoms with Gasteiger partial charge in [0.2, 0.25) is 0 Å². The van der Waals surface area contributed by atoms with E-state index >= 15 is 4.39 Å². The largest absolute Gasteiger partial charge is 0.494 e. The van der Waals surface area contributed by atoms with Crippen molar-refractivity contribution in [1.82, 2.24) is 0 Å². The molecule has 0 amide bonds. The first-order valence-electron chi connectivity index (χ1n) is 28.1. The number of carbonyl (C=O) groups is 2. The molecule has 4 aromatic rings. The predicted molar refractivity (Wildman–Crippen MR) is 321 cm³/mol. The fourth-order valence-electron chi connectivity index (χ4n) is 11.0. The third kappa shape index (κ3) is 13.2. The van der Waals surface area contributed by atoms with Crippen LogP contribution in [-0.2, 0) is 48.5 Å². The summed E-state index contributed by atoms with van der Waals surface area (Å²) in [5.41, 5.74) is -4.49. The van der Waals surface area contributed by atoms with Crippen LogP contribution >= 0.6 is 39.5 Å². The van der Waals surface area contributed by atoms with E-state index in [9.17, 15) is 40.3 Å². The smallest absolute Gasteiger partial charge is 0.405 e. The molecule has 5 fully saturated rings. The van der Waals surface area contributed by atoms with E-state index in [0.29, 0.717) is 31.1 Å². The van der Waals surface area contributed by atoms with Gasteiger partial charge in [-0.3, -0.25) is 19.6 Å². The van der Waals surface area contributed by atoms with Gasteiger partial charge in [0.15, 0.2) is 23.8 Å². The van der Waals surface area contributed by atoms with E-state index in [1.807, 2.05) is 83.1 Å². The molecule has 7 heterocycles. The van der Waals surface area contributed by atoms with Gasteiger partial charge in [-0.2, -0.15) is 26.3 Å². The Balaban J connectivity index is 0.000000164. The number of alkyl halides is 6. The fraction of sp³-hybridized carbons (Fsp3) is 0.533. The Morgan fingerprint density at radius 1 is 0.523 bits per heavy atom. The number of fused-ring (bicyclic) bond motifs is 2. The highest BCUT2D eigenvalue weighted by Crippen LogP contribution is 2.55. The number of thioether (sulfide) groups is 2. The van der Waals surface area contributed by atoms with E-state index in [1.54, 1.807) is 60.7 Å². The number of ketones is 2. The second-order valence-corrected chi connectivity index (χ2v) is 28.5. The van der Waals surface area contributed by atoms with Crippen LogP contribution in [0.2, 0.25) is 0 Å². The van der Waals surface area contributed by atoms with E-state index in [-0.39, 0.29) is 69.4 Å². The number of Topliss-reactive ketones (excluding diaryl/α,β-unsaturated/α-hetero) is 2. The Hall–Kier alpha value is -3.95. The number of aliphatic imine (C=N–C) groups is 2. The summed E-state index contributed by atoms with van der Waals surface area (Å²) in [5.74, 6) is -4.04. The van der Waals surface area contributed by atoms with Crippen molar-refractivity contribution in [3.05, 3.63) is 135 Å². The number of nitrogens with zero attached hydrogens (tertiary/aromatic N) is 2. The molecule has 26 heteroatoms. The monoisotopic (exact) mass is 1300 g/mol. The molecule has 7 aliphatic heterocycles. The zero-order valence-corrected chi connectivity index (χ0v) is 52.9. The van der Waals surface area contributed by atoms with Gasteiger partial charge in [0.25, 0.3) is 0 Å². The topological polar surface area (TPSA) is 133 Å². The number of ether oxygens (including phenoxy) is 2. The molecular weight excluding hydrogens is 1240 g/mol. The number of hydrogen-bond acceptors (Lipinski definition) is 14. The van der Waals surface area contributed by atoms with Crippen LogP contribution in [-0.4, -0.2) is 126 Å². The summed E-state index contributed by atoms with van der Waals surface area (Å²) in [6.07, 6.45) is -13.6. The van der Waals surface area contributed by atoms with E-state index in [0.717, 1.165) is 23.5 Å². The lowest BCUT2D eigenvalue weighted by Crippen LogP contribution is -2.46. The molecular formula is C60H68B3BrF8N2O10S2. The van der Waals surface area contributed by atoms with E-state index in [1.165, 1.54) is 36.4 Å². The molecule has 0 aliphatic carbocycles. The van der Waals surface area contributed by atoms with Gasteiger partial charge in [-0.25, -0.2) is 8.78 Å². The summed E-state index contributed by atoms with van der Waals surface area (Å²) in [5, 5.41) is 0.730. The van der Waals surface area contributed by atoms with Gasteiger partial charge >= 0.3 is 33.5 Å². The summed E-state index contributed by atoms with van der Waals surface area (Å²) in [6, 6.07) is 25.5. The molecule has 12 nitrogen and oxygen atoms in total. The number of rotatable bonds is 10. The van der Waals surface area contributed by atoms with Crippen LogP contribution in [0, 0.1) is 23.5 Å². The molecule has 7 aliphatic rings. The van der Waals surface area contributed by atoms with Gasteiger partial charge in [-0.05, 0) is 113 Å². The highest BCUT2D eigenvalue weighted by atomic mass is 79.9. The van der Waals surface area contributed by atoms with Crippen molar-refractivity contribution < 1.29 is 82.1 Å². The molecule has 6 atom stereocenters. The molecule has 0 spiro atoms. The molecule has 462 valence electrons. The van der Waals surface area contributed by atoms with Crippen LogP contribution in [0.15, 0.2) is 112 Å². The molecule has 4 aromatic carbocycles. The van der Waals surface area contributed by atoms with Crippen LogP contribution in [0.25, 0.3) is 0 Å². The Morgan fingerprint density at radius 3 is 1.24 bits per heavy atom. The zero-order chi connectivity index (χ0) is 63.0. The summed E-state index contributed by atoms with van der Waals surface area (Å²) >= 11 is 5.45. The third-order valence-corrected chi connectivity index (χ3v) is 20.7. The molecule has 0 radical (unpaired) electrons. The SMILES string of the molecule is CC1(C)OB(B2OC(C)(C)C(C)(C)O2)OC1(C)C.CC1(C)OB(c2ccc(F)c([C@@]34CO[C@@H](C(F)(F)F)[C@@H]3CSC(CC(=O)c3ccccc3)=N4)c2)OC1(C)C.O=C(CC1=N[C@]2(c3cc(Br)ccc3F)CO[C@@H](C(F)(F)F)[C@@H]2CS1)c1ccccc1. The third-order valence-electron chi connectivity index (χ3n) is 18.0. The molecule has 5 saturated heterocycles. The van der Waals surface area contributed by atoms with Crippen molar-refractivity contribution in [2.24, 2.45) is 21.8 Å². The Morgan fingerprint density at radius 2 is 0.872 bits per heavy atom. The number of halogens is 9. The van der Waals surface area contributed by atoms with Crippen LogP contribution in [0.1, 0.15) is 128 Å². The predicted octanol–water partition coefficient (Wildman–Crippen LogP) is 13.3. The zero-order valence-electron chi connectivity index (χ0n) is 49.7. The second-order valence-electron chi connectivity index (χ2n) is 25.4. The first kappa shape index (κ1) is 66.5. The average molecular weight is 1310 g/mol. The lowest BCUT2D eigenvalue weighted by Gasteiger charge is -2.37. The van der Waals surface area contributed by atoms with Crippen molar-refractivity contribution >= 4 is 87.7 Å². The molecule has 0 N–H and O–H groups in total. The quantitative estimate of drug-likeness (QED) is 0.0850. The first-order valence-corrected chi connectivity index (χ1v) is 30.9. The standard InChI is InChI=1S/C27H28BF4NO4S.C21H16BrF4NO2S.C12H24B2O4/c1-24(2)25(3,4)37-28(36-24)17-10-11-20(29)18(12-17)26-15-35-23(27(30,31)32)19(26)14-38-22(33-26)13-21(34)16-8-6-5-7-9-16;22-13-6-7-16(23)14(8-13)20-11-29-19(21(24,25)26)15(20)10-30-18(27-20)9-17(28)12-4-2-1-3-5-12;1-9(2)10(3,4)16-13(15-9)14-17-11(5,6)12(7,8)18-14/h5-12,19,23H,13-15H2,1-4H3;1-8,15,19H,9-11H2;1-8H3/t19-,23+,26-;15-,19+,20-;/m00./s1. The van der Waals surface area contributed by atoms with Gasteiger partial charge < -0.3 is 37.4 Å². The molecule has 11 rings (SSSR count). The Bertz CT molecular complexity index is 3170. The van der Waals surface area contributed by atoms with Crippen molar-refractivity contribution in [1.29, 1.82) is 0 Å². The van der Waals surface area contributed by atoms with E-state index < -0.39 is 105 Å². The van der Waals surface area contributed by atoms with Crippen molar-refractivity contribution in [3.8, 4) is 0 Å². The van der Waals surface area contributed by atoms with Gasteiger partial charge in [-0.1, -0.05) is 88.7 Å². The van der Waals surface area contributed by atoms with Crippen molar-refractivity contribution in [3.63, 3.8) is 0 Å². The van der Waals surface area contributed by atoms with Gasteiger partial charge in [0, 0.05) is 50.1 Å². The summed E-state index contributed by atoms with van der Waals surface area (Å²) < 4.78 is 160. The summed E-state index contributed by atoms with van der Waals surface area (Å²) in [7, 11) is -1.79. The maximum Gasteiger partial charge on any atom is 0.494 e. The van der Waals surface area contributed by atoms with Crippen LogP contribution in [0.3, 0.4) is 0 Å². The molecule has 0 aromatic heterocycles. The van der Waals surface area contributed by atoms with Crippen molar-refractivity contribution in [2.45, 2.75) is 165 Å². The first-order chi connectivity index (χ1) is 39.8. The number of carbonyl (C=O) groups excluding carboxylic acids is 2. The van der Waals surface area contributed by atoms with Gasteiger partial charge in [0.05, 0.1) is 69.7 Å². The Kier molecular flexibility index (Phi) is 18.6. The minimum Gasteiger partial charge on any atom is -0.405 e. The van der Waals surface area contributed by atoms with Crippen LogP contribution in [0.5, 0.6) is 0 Å². The molecule has 0 bridgehead atoms. The molecule has 0 saturated carbocycles. The average Bonchev–Trinajstić information content (AvgIpc) is 1.59. The maximum atomic E-state index is 15.5. The lowest BCUT2D eigenvalue weighted by molar-refractivity contribution is -0.215. The van der Waals surface area contributed by atoms with Crippen molar-refractivity contribution in [2.75, 3.05) is 24.7 Å². The normalized spacial score (nSPS) is 28.3. The lowest BCUT2D eigenvalue weighted by atomic mass is 9.49. The highest BCUT2D eigenvalue weighted by molar-refractivity contribution is 9.10. The minimum absolute atomic E-state index is 0.0218. The molecule has 86 heavy (non-hydrogen) atoms. The Labute approximate surface area is 514 Å². The fourth-order valence-corrected chi connectivity index (χ4v) is 13.9. The molecule has 0 unspecified atom stereocenters. The van der Waals surface area contributed by atoms with Gasteiger partial charge in [0.1, 0.15) is 22.7 Å². The van der Waals surface area contributed by atoms with E-state index in [4.69, 9.17) is 37.4 Å². The highest BCUT2D eigenvalue weighted by Gasteiger charge is 2.66.